The number of hydrogen-bond acceptors (Lipinski definition) is 3. The molecule has 3 fully saturated rings. The van der Waals surface area contributed by atoms with Gasteiger partial charge in [0, 0.05) is 31.7 Å². The maximum atomic E-state index is 10.7. The first-order valence-electron chi connectivity index (χ1n) is 8.98. The van der Waals surface area contributed by atoms with Crippen LogP contribution in [0.25, 0.3) is 0 Å². The van der Waals surface area contributed by atoms with Crippen LogP contribution in [0.3, 0.4) is 0 Å². The van der Waals surface area contributed by atoms with Crippen molar-refractivity contribution in [3.63, 3.8) is 0 Å². The van der Waals surface area contributed by atoms with E-state index in [0.717, 1.165) is 64.5 Å². The molecule has 1 unspecified atom stereocenters. The van der Waals surface area contributed by atoms with Crippen molar-refractivity contribution in [2.24, 2.45) is 10.4 Å². The minimum absolute atomic E-state index is 0.345. The molecule has 3 rings (SSSR count). The maximum absolute atomic E-state index is 10.7. The molecule has 2 N–H and O–H groups in total. The number of ether oxygens (including phenoxy) is 1. The summed E-state index contributed by atoms with van der Waals surface area (Å²) in [6.07, 6.45) is 7.68. The molecule has 0 bridgehead atoms. The Kier molecular flexibility index (Phi) is 4.93. The molecule has 1 atom stereocenters. The molecule has 2 heterocycles. The number of nitrogens with one attached hydrogen (secondary N) is 1. The van der Waals surface area contributed by atoms with E-state index in [4.69, 9.17) is 9.73 Å². The van der Waals surface area contributed by atoms with Gasteiger partial charge in [0.2, 0.25) is 0 Å². The van der Waals surface area contributed by atoms with Crippen molar-refractivity contribution in [1.82, 2.24) is 10.2 Å². The fraction of sp³-hybridized carbons (Fsp3) is 0.941. The smallest absolute Gasteiger partial charge is 0.194 e. The number of aliphatic imine (C=N–C) groups is 1. The molecular formula is C17H31N3O2. The summed E-state index contributed by atoms with van der Waals surface area (Å²) >= 11 is 0. The van der Waals surface area contributed by atoms with Crippen molar-refractivity contribution in [3.05, 3.63) is 0 Å². The summed E-state index contributed by atoms with van der Waals surface area (Å²) in [5.74, 6) is 0.977. The molecular weight excluding hydrogens is 278 g/mol. The van der Waals surface area contributed by atoms with Crippen LogP contribution in [-0.2, 0) is 4.74 Å². The highest BCUT2D eigenvalue weighted by molar-refractivity contribution is 5.80. The van der Waals surface area contributed by atoms with Crippen LogP contribution in [0.1, 0.15) is 51.9 Å². The Morgan fingerprint density at radius 3 is 2.73 bits per heavy atom. The normalized spacial score (nSPS) is 31.9. The lowest BCUT2D eigenvalue weighted by Crippen LogP contribution is -2.43. The summed E-state index contributed by atoms with van der Waals surface area (Å²) in [6, 6.07) is 0. The van der Waals surface area contributed by atoms with Gasteiger partial charge >= 0.3 is 0 Å². The van der Waals surface area contributed by atoms with Crippen molar-refractivity contribution in [3.8, 4) is 0 Å². The summed E-state index contributed by atoms with van der Waals surface area (Å²) in [5, 5.41) is 14.1. The first kappa shape index (κ1) is 16.1. The van der Waals surface area contributed by atoms with Crippen LogP contribution in [0, 0.1) is 5.41 Å². The van der Waals surface area contributed by atoms with Crippen LogP contribution in [0.2, 0.25) is 0 Å². The van der Waals surface area contributed by atoms with Gasteiger partial charge in [0.05, 0.1) is 18.8 Å². The van der Waals surface area contributed by atoms with E-state index in [9.17, 15) is 5.11 Å². The predicted molar refractivity (Wildman–Crippen MR) is 88.1 cm³/mol. The van der Waals surface area contributed by atoms with Crippen LogP contribution in [-0.4, -0.2) is 61.0 Å². The zero-order valence-corrected chi connectivity index (χ0v) is 13.9. The quantitative estimate of drug-likeness (QED) is 0.616. The number of hydrogen-bond donors (Lipinski definition) is 2. The Morgan fingerprint density at radius 2 is 2.05 bits per heavy atom. The van der Waals surface area contributed by atoms with Gasteiger partial charge in [0.15, 0.2) is 5.96 Å². The van der Waals surface area contributed by atoms with E-state index in [-0.39, 0.29) is 0 Å². The summed E-state index contributed by atoms with van der Waals surface area (Å²) in [5.41, 5.74) is -0.231. The third-order valence-corrected chi connectivity index (χ3v) is 5.57. The van der Waals surface area contributed by atoms with Gasteiger partial charge in [-0.3, -0.25) is 4.99 Å². The molecule has 22 heavy (non-hydrogen) atoms. The molecule has 3 aliphatic rings. The molecule has 5 heteroatoms. The van der Waals surface area contributed by atoms with E-state index in [1.807, 2.05) is 0 Å². The average Bonchev–Trinajstić information content (AvgIpc) is 3.15. The van der Waals surface area contributed by atoms with Crippen molar-refractivity contribution in [1.29, 1.82) is 0 Å². The molecule has 5 nitrogen and oxygen atoms in total. The third-order valence-electron chi connectivity index (χ3n) is 5.57. The average molecular weight is 309 g/mol. The van der Waals surface area contributed by atoms with Gasteiger partial charge in [-0.15, -0.1) is 0 Å². The summed E-state index contributed by atoms with van der Waals surface area (Å²) in [6.45, 7) is 7.40. The maximum Gasteiger partial charge on any atom is 0.194 e. The summed E-state index contributed by atoms with van der Waals surface area (Å²) in [7, 11) is 0. The van der Waals surface area contributed by atoms with E-state index in [1.165, 1.54) is 19.3 Å². The number of likely N-dealkylation sites (tertiary alicyclic amines) is 1. The zero-order valence-electron chi connectivity index (χ0n) is 13.9. The first-order chi connectivity index (χ1) is 10.6. The molecule has 1 saturated carbocycles. The molecule has 0 amide bonds. The van der Waals surface area contributed by atoms with E-state index >= 15 is 0 Å². The number of nitrogens with zero attached hydrogens (tertiary/aromatic N) is 2. The SMILES string of the molecule is CCNC(=NCC1(O)CCCCC1)N1CCC2(CCOC2)C1. The molecule has 2 aliphatic heterocycles. The standard InChI is InChI=1S/C17H31N3O2/c1-2-18-15(19-12-17(21)6-4-3-5-7-17)20-10-8-16(13-20)9-11-22-14-16/h21H,2-14H2,1H3,(H,18,19). The van der Waals surface area contributed by atoms with Crippen molar-refractivity contribution < 1.29 is 9.84 Å². The van der Waals surface area contributed by atoms with E-state index < -0.39 is 5.60 Å². The second kappa shape index (κ2) is 6.75. The monoisotopic (exact) mass is 309 g/mol. The highest BCUT2D eigenvalue weighted by Crippen LogP contribution is 2.38. The molecule has 0 aromatic rings. The lowest BCUT2D eigenvalue weighted by Gasteiger charge is -2.31. The number of guanidine groups is 1. The van der Waals surface area contributed by atoms with E-state index in [1.54, 1.807) is 0 Å². The minimum atomic E-state index is -0.577. The predicted octanol–water partition coefficient (Wildman–Crippen LogP) is 1.76. The van der Waals surface area contributed by atoms with Crippen LogP contribution in [0.5, 0.6) is 0 Å². The van der Waals surface area contributed by atoms with E-state index in [2.05, 4.69) is 17.1 Å². The second-order valence-corrected chi connectivity index (χ2v) is 7.43. The van der Waals surface area contributed by atoms with Crippen LogP contribution < -0.4 is 5.32 Å². The molecule has 0 radical (unpaired) electrons. The highest BCUT2D eigenvalue weighted by Gasteiger charge is 2.42. The molecule has 2 saturated heterocycles. The Balaban J connectivity index is 1.63. The van der Waals surface area contributed by atoms with Crippen molar-refractivity contribution in [2.45, 2.75) is 57.5 Å². The van der Waals surface area contributed by atoms with Crippen molar-refractivity contribution in [2.75, 3.05) is 39.4 Å². The third kappa shape index (κ3) is 3.57. The second-order valence-electron chi connectivity index (χ2n) is 7.43. The van der Waals surface area contributed by atoms with Gasteiger partial charge in [-0.25, -0.2) is 0 Å². The Bertz CT molecular complexity index is 399. The fourth-order valence-electron chi connectivity index (χ4n) is 4.10. The van der Waals surface area contributed by atoms with Crippen LogP contribution in [0.15, 0.2) is 4.99 Å². The summed E-state index contributed by atoms with van der Waals surface area (Å²) < 4.78 is 5.61. The van der Waals surface area contributed by atoms with Gasteiger partial charge in [-0.1, -0.05) is 19.3 Å². The first-order valence-corrected chi connectivity index (χ1v) is 8.98. The lowest BCUT2D eigenvalue weighted by molar-refractivity contribution is 0.0130. The Labute approximate surface area is 134 Å². The Hall–Kier alpha value is -0.810. The van der Waals surface area contributed by atoms with Gasteiger partial charge in [-0.05, 0) is 32.6 Å². The van der Waals surface area contributed by atoms with E-state index in [0.29, 0.717) is 12.0 Å². The summed E-state index contributed by atoms with van der Waals surface area (Å²) in [4.78, 5) is 7.15. The van der Waals surface area contributed by atoms with Gasteiger partial charge in [0.25, 0.3) is 0 Å². The fourth-order valence-corrected chi connectivity index (χ4v) is 4.10. The minimum Gasteiger partial charge on any atom is -0.388 e. The van der Waals surface area contributed by atoms with Crippen LogP contribution in [0.4, 0.5) is 0 Å². The largest absolute Gasteiger partial charge is 0.388 e. The molecule has 0 aromatic carbocycles. The van der Waals surface area contributed by atoms with Gasteiger partial charge in [-0.2, -0.15) is 0 Å². The van der Waals surface area contributed by atoms with Gasteiger partial charge in [0.1, 0.15) is 0 Å². The number of aliphatic hydroxyl groups is 1. The number of rotatable bonds is 3. The van der Waals surface area contributed by atoms with Gasteiger partial charge < -0.3 is 20.1 Å². The highest BCUT2D eigenvalue weighted by atomic mass is 16.5. The van der Waals surface area contributed by atoms with Crippen molar-refractivity contribution >= 4 is 5.96 Å². The molecule has 126 valence electrons. The molecule has 0 aromatic heterocycles. The topological polar surface area (TPSA) is 57.1 Å². The molecule has 1 aliphatic carbocycles. The zero-order chi connectivity index (χ0) is 15.5. The van der Waals surface area contributed by atoms with Crippen LogP contribution >= 0.6 is 0 Å². The molecule has 1 spiro atoms. The lowest BCUT2D eigenvalue weighted by atomic mass is 9.85. The Morgan fingerprint density at radius 1 is 1.23 bits per heavy atom.